The number of esters is 1. The van der Waals surface area contributed by atoms with E-state index >= 15 is 0 Å². The number of methoxy groups -OCH3 is 1. The number of aliphatic hydroxyl groups is 1. The maximum atomic E-state index is 13.7. The first-order valence-corrected chi connectivity index (χ1v) is 7.36. The molecule has 0 spiro atoms. The van der Waals surface area contributed by atoms with Crippen molar-refractivity contribution in [3.05, 3.63) is 41.9 Å². The predicted octanol–water partition coefficient (Wildman–Crippen LogP) is 1.11. The van der Waals surface area contributed by atoms with Crippen LogP contribution in [0.15, 0.2) is 34.9 Å². The highest BCUT2D eigenvalue weighted by Crippen LogP contribution is 2.21. The van der Waals surface area contributed by atoms with Gasteiger partial charge in [-0.2, -0.15) is 0 Å². The average molecular weight is 352 g/mol. The summed E-state index contributed by atoms with van der Waals surface area (Å²) in [6.07, 6.45) is -1.44. The number of nitrogens with one attached hydrogen (secondary N) is 1. The second-order valence-corrected chi connectivity index (χ2v) is 4.99. The minimum absolute atomic E-state index is 0.00217. The summed E-state index contributed by atoms with van der Waals surface area (Å²) in [5, 5.41) is 15.7. The van der Waals surface area contributed by atoms with Crippen LogP contribution in [0.2, 0.25) is 0 Å². The van der Waals surface area contributed by atoms with Gasteiger partial charge in [0.1, 0.15) is 11.5 Å². The Morgan fingerprint density at radius 3 is 2.88 bits per heavy atom. The molecule has 2 aromatic rings. The second kappa shape index (κ2) is 8.90. The number of hydrogen-bond acceptors (Lipinski definition) is 7. The normalized spacial score (nSPS) is 11.8. The summed E-state index contributed by atoms with van der Waals surface area (Å²) in [6, 6.07) is 7.26. The number of amides is 1. The number of rotatable bonds is 8. The Hall–Kier alpha value is -2.78. The van der Waals surface area contributed by atoms with E-state index in [4.69, 9.17) is 4.52 Å². The molecule has 1 aromatic heterocycles. The van der Waals surface area contributed by atoms with Crippen LogP contribution >= 0.6 is 0 Å². The van der Waals surface area contributed by atoms with E-state index in [1.807, 2.05) is 0 Å². The molecule has 2 N–H and O–H groups in total. The molecule has 134 valence electrons. The van der Waals surface area contributed by atoms with E-state index in [9.17, 15) is 19.1 Å². The lowest BCUT2D eigenvalue weighted by Gasteiger charge is -2.10. The molecule has 25 heavy (non-hydrogen) atoms. The number of nitrogens with zero attached hydrogens (tertiary/aromatic N) is 1. The van der Waals surface area contributed by atoms with E-state index in [-0.39, 0.29) is 36.8 Å². The Morgan fingerprint density at radius 1 is 1.40 bits per heavy atom. The van der Waals surface area contributed by atoms with Gasteiger partial charge in [0.15, 0.2) is 12.9 Å². The van der Waals surface area contributed by atoms with Crippen LogP contribution < -0.4 is 5.32 Å². The van der Waals surface area contributed by atoms with Gasteiger partial charge in [-0.3, -0.25) is 4.79 Å². The van der Waals surface area contributed by atoms with Crippen molar-refractivity contribution in [2.24, 2.45) is 0 Å². The molecule has 0 fully saturated rings. The smallest absolute Gasteiger partial charge is 0.337 e. The molecule has 0 saturated heterocycles. The molecule has 8 nitrogen and oxygen atoms in total. The van der Waals surface area contributed by atoms with Gasteiger partial charge in [0.25, 0.3) is 5.91 Å². The Labute approximate surface area is 142 Å². The van der Waals surface area contributed by atoms with Crippen molar-refractivity contribution in [3.63, 3.8) is 0 Å². The monoisotopic (exact) mass is 352 g/mol. The Kier molecular flexibility index (Phi) is 6.61. The van der Waals surface area contributed by atoms with Gasteiger partial charge in [-0.1, -0.05) is 17.3 Å². The number of aliphatic hydroxyl groups excluding tert-OH is 1. The maximum Gasteiger partial charge on any atom is 0.337 e. The van der Waals surface area contributed by atoms with E-state index in [1.54, 1.807) is 6.07 Å². The van der Waals surface area contributed by atoms with Crippen LogP contribution in [0.5, 0.6) is 0 Å². The zero-order valence-corrected chi connectivity index (χ0v) is 13.4. The third-order valence-electron chi connectivity index (χ3n) is 3.18. The Bertz CT molecular complexity index is 733. The Morgan fingerprint density at radius 2 is 2.16 bits per heavy atom. The summed E-state index contributed by atoms with van der Waals surface area (Å²) >= 11 is 0. The fraction of sp³-hybridized carbons (Fsp3) is 0.312. The molecular formula is C16H17FN2O6. The van der Waals surface area contributed by atoms with E-state index in [0.717, 1.165) is 0 Å². The van der Waals surface area contributed by atoms with Crippen LogP contribution in [0.3, 0.4) is 0 Å². The summed E-state index contributed by atoms with van der Waals surface area (Å²) < 4.78 is 27.7. The highest BCUT2D eigenvalue weighted by atomic mass is 19.1. The molecular weight excluding hydrogens is 335 g/mol. The van der Waals surface area contributed by atoms with Crippen molar-refractivity contribution in [2.45, 2.75) is 12.5 Å². The molecule has 2 rings (SSSR count). The summed E-state index contributed by atoms with van der Waals surface area (Å²) in [5.74, 6) is -2.06. The lowest BCUT2D eigenvalue weighted by Crippen LogP contribution is -2.31. The predicted molar refractivity (Wildman–Crippen MR) is 82.8 cm³/mol. The number of carbonyl (C=O) groups excluding carboxylic acids is 2. The molecule has 0 bridgehead atoms. The third kappa shape index (κ3) is 5.10. The highest BCUT2D eigenvalue weighted by molar-refractivity contribution is 5.92. The van der Waals surface area contributed by atoms with Crippen molar-refractivity contribution in [2.75, 3.05) is 20.4 Å². The van der Waals surface area contributed by atoms with E-state index in [1.165, 1.54) is 31.4 Å². The molecule has 1 atom stereocenters. The zero-order valence-electron chi connectivity index (χ0n) is 13.4. The number of carbonyl (C=O) groups is 2. The minimum atomic E-state index is -1.39. The van der Waals surface area contributed by atoms with Gasteiger partial charge >= 0.3 is 5.97 Å². The lowest BCUT2D eigenvalue weighted by molar-refractivity contribution is -0.164. The van der Waals surface area contributed by atoms with Gasteiger partial charge in [0.05, 0.1) is 0 Å². The third-order valence-corrected chi connectivity index (χ3v) is 3.18. The standard InChI is InChI=1S/C16H17FN2O6/c1-23-9-24-16(22)13(20)6-7-18-15(21)14-8-12(19-25-14)10-4-2-3-5-11(10)17/h2-5,8,13,20H,6-7,9H2,1H3,(H,18,21). The van der Waals surface area contributed by atoms with Crippen LogP contribution in [0.4, 0.5) is 4.39 Å². The van der Waals surface area contributed by atoms with E-state index in [2.05, 4.69) is 19.9 Å². The average Bonchev–Trinajstić information content (AvgIpc) is 3.09. The minimum Gasteiger partial charge on any atom is -0.437 e. The van der Waals surface area contributed by atoms with Gasteiger partial charge in [0.2, 0.25) is 5.76 Å². The van der Waals surface area contributed by atoms with Crippen molar-refractivity contribution in [1.29, 1.82) is 0 Å². The molecule has 1 amide bonds. The number of aromatic nitrogens is 1. The second-order valence-electron chi connectivity index (χ2n) is 4.99. The number of ether oxygens (including phenoxy) is 2. The number of halogens is 1. The first-order valence-electron chi connectivity index (χ1n) is 7.36. The van der Waals surface area contributed by atoms with Gasteiger partial charge in [-0.25, -0.2) is 9.18 Å². The van der Waals surface area contributed by atoms with Crippen molar-refractivity contribution in [3.8, 4) is 11.3 Å². The summed E-state index contributed by atoms with van der Waals surface area (Å²) in [4.78, 5) is 23.3. The topological polar surface area (TPSA) is 111 Å². The molecule has 0 saturated carbocycles. The summed E-state index contributed by atoms with van der Waals surface area (Å²) in [7, 11) is 1.34. The largest absolute Gasteiger partial charge is 0.437 e. The Balaban J connectivity index is 1.86. The van der Waals surface area contributed by atoms with Crippen LogP contribution in [0.25, 0.3) is 11.3 Å². The van der Waals surface area contributed by atoms with Crippen LogP contribution in [0, 0.1) is 5.82 Å². The number of benzene rings is 1. The van der Waals surface area contributed by atoms with Gasteiger partial charge in [-0.15, -0.1) is 0 Å². The van der Waals surface area contributed by atoms with Gasteiger partial charge < -0.3 is 24.4 Å². The van der Waals surface area contributed by atoms with Crippen molar-refractivity contribution in [1.82, 2.24) is 10.5 Å². The molecule has 0 radical (unpaired) electrons. The molecule has 0 aliphatic heterocycles. The fourth-order valence-corrected chi connectivity index (χ4v) is 1.92. The molecule has 0 aliphatic rings. The fourth-order valence-electron chi connectivity index (χ4n) is 1.92. The summed E-state index contributed by atoms with van der Waals surface area (Å²) in [6.45, 7) is -0.267. The SMILES string of the molecule is COCOC(=O)C(O)CCNC(=O)c1cc(-c2ccccc2F)no1. The number of hydrogen-bond donors (Lipinski definition) is 2. The molecule has 1 unspecified atom stereocenters. The highest BCUT2D eigenvalue weighted by Gasteiger charge is 2.19. The van der Waals surface area contributed by atoms with Crippen molar-refractivity contribution < 1.29 is 33.1 Å². The zero-order chi connectivity index (χ0) is 18.2. The van der Waals surface area contributed by atoms with Gasteiger partial charge in [0, 0.05) is 31.7 Å². The summed E-state index contributed by atoms with van der Waals surface area (Å²) in [5.41, 5.74) is 0.396. The van der Waals surface area contributed by atoms with E-state index < -0.39 is 23.8 Å². The van der Waals surface area contributed by atoms with Gasteiger partial charge in [-0.05, 0) is 12.1 Å². The lowest BCUT2D eigenvalue weighted by atomic mass is 10.1. The van der Waals surface area contributed by atoms with Crippen LogP contribution in [-0.2, 0) is 14.3 Å². The van der Waals surface area contributed by atoms with Crippen LogP contribution in [-0.4, -0.2) is 48.7 Å². The molecule has 0 aliphatic carbocycles. The van der Waals surface area contributed by atoms with E-state index in [0.29, 0.717) is 0 Å². The van der Waals surface area contributed by atoms with Crippen molar-refractivity contribution >= 4 is 11.9 Å². The first kappa shape index (κ1) is 18.6. The maximum absolute atomic E-state index is 13.7. The molecule has 1 aromatic carbocycles. The molecule has 9 heteroatoms. The molecule has 1 heterocycles. The quantitative estimate of drug-likeness (QED) is 0.541. The first-order chi connectivity index (χ1) is 12.0. The van der Waals surface area contributed by atoms with Crippen LogP contribution in [0.1, 0.15) is 17.0 Å².